The maximum atomic E-state index is 5.55. The van der Waals surface area contributed by atoms with Gasteiger partial charge in [-0.1, -0.05) is 60.7 Å². The van der Waals surface area contributed by atoms with E-state index >= 15 is 0 Å². The Morgan fingerprint density at radius 2 is 1.35 bits per heavy atom. The first kappa shape index (κ1) is 16.3. The van der Waals surface area contributed by atoms with Gasteiger partial charge in [0.05, 0.1) is 19.9 Å². The number of rotatable bonds is 4. The summed E-state index contributed by atoms with van der Waals surface area (Å²) in [6, 6.07) is 23.1. The molecule has 0 saturated heterocycles. The topological polar surface area (TPSA) is 21.7 Å². The molecule has 0 fully saturated rings. The van der Waals surface area contributed by atoms with E-state index in [4.69, 9.17) is 9.47 Å². The number of hydrogen-bond donors (Lipinski definition) is 0. The highest BCUT2D eigenvalue weighted by molar-refractivity contribution is 5.90. The van der Waals surface area contributed by atoms with E-state index in [1.165, 1.54) is 16.8 Å². The van der Waals surface area contributed by atoms with E-state index in [1.807, 2.05) is 12.1 Å². The maximum absolute atomic E-state index is 5.55. The Bertz CT molecular complexity index is 948. The first-order valence-electron chi connectivity index (χ1n) is 8.65. The lowest BCUT2D eigenvalue weighted by molar-refractivity contribution is 0.355. The number of benzene rings is 3. The lowest BCUT2D eigenvalue weighted by Gasteiger charge is -2.28. The van der Waals surface area contributed by atoms with Gasteiger partial charge in [0.1, 0.15) is 0 Å². The van der Waals surface area contributed by atoms with Gasteiger partial charge in [0.2, 0.25) is 0 Å². The van der Waals surface area contributed by atoms with Crippen LogP contribution < -0.4 is 14.4 Å². The Morgan fingerprint density at radius 1 is 0.692 bits per heavy atom. The molecule has 4 rings (SSSR count). The fraction of sp³-hybridized carbons (Fsp3) is 0.130. The molecule has 0 atom stereocenters. The molecular formula is C23H21NO2. The van der Waals surface area contributed by atoms with E-state index in [-0.39, 0.29) is 0 Å². The van der Waals surface area contributed by atoms with Crippen molar-refractivity contribution in [2.24, 2.45) is 0 Å². The van der Waals surface area contributed by atoms with Gasteiger partial charge in [0.25, 0.3) is 0 Å². The van der Waals surface area contributed by atoms with Crippen LogP contribution in [0, 0.1) is 0 Å². The summed E-state index contributed by atoms with van der Waals surface area (Å²) in [6.07, 6.45) is 4.30. The summed E-state index contributed by atoms with van der Waals surface area (Å²) < 4.78 is 11.1. The quantitative estimate of drug-likeness (QED) is 0.622. The summed E-state index contributed by atoms with van der Waals surface area (Å²) in [5.74, 6) is 1.47. The molecule has 3 aromatic carbocycles. The lowest BCUT2D eigenvalue weighted by Crippen LogP contribution is -2.18. The van der Waals surface area contributed by atoms with Crippen molar-refractivity contribution < 1.29 is 9.47 Å². The minimum atomic E-state index is 0.733. The van der Waals surface area contributed by atoms with Crippen LogP contribution >= 0.6 is 0 Å². The van der Waals surface area contributed by atoms with Gasteiger partial charge in [-0.3, -0.25) is 0 Å². The summed E-state index contributed by atoms with van der Waals surface area (Å²) >= 11 is 0. The minimum absolute atomic E-state index is 0.733. The summed E-state index contributed by atoms with van der Waals surface area (Å²) in [7, 11) is 3.34. The van der Waals surface area contributed by atoms with Gasteiger partial charge < -0.3 is 14.4 Å². The molecule has 1 heterocycles. The molecule has 1 aliphatic heterocycles. The molecule has 0 bridgehead atoms. The zero-order valence-electron chi connectivity index (χ0n) is 15.0. The second kappa shape index (κ2) is 6.96. The Kier molecular flexibility index (Phi) is 4.36. The molecule has 3 aromatic rings. The second-order valence-corrected chi connectivity index (χ2v) is 6.23. The van der Waals surface area contributed by atoms with Crippen molar-refractivity contribution in [3.05, 3.63) is 83.4 Å². The molecule has 0 saturated carbocycles. The van der Waals surface area contributed by atoms with E-state index < -0.39 is 0 Å². The van der Waals surface area contributed by atoms with E-state index in [1.54, 1.807) is 14.2 Å². The first-order valence-corrected chi connectivity index (χ1v) is 8.65. The molecule has 0 amide bonds. The number of para-hydroxylation sites is 1. The monoisotopic (exact) mass is 343 g/mol. The number of hydrogen-bond acceptors (Lipinski definition) is 3. The van der Waals surface area contributed by atoms with Crippen LogP contribution in [-0.2, 0) is 6.54 Å². The summed E-state index contributed by atoms with van der Waals surface area (Å²) in [5, 5.41) is 0. The standard InChI is InChI=1S/C23H21NO2/c1-25-22-14-19-13-12-18-10-6-7-11-20(18)24(21(19)15-23(22)26-2)16-17-8-4-3-5-9-17/h3-15H,16H2,1-2H3. The average Bonchev–Trinajstić information content (AvgIpc) is 2.85. The molecular weight excluding hydrogens is 322 g/mol. The molecule has 0 aromatic heterocycles. The van der Waals surface area contributed by atoms with Gasteiger partial charge in [-0.15, -0.1) is 0 Å². The van der Waals surface area contributed by atoms with Gasteiger partial charge in [-0.2, -0.15) is 0 Å². The highest BCUT2D eigenvalue weighted by Gasteiger charge is 2.21. The van der Waals surface area contributed by atoms with Crippen LogP contribution in [0.25, 0.3) is 12.2 Å². The second-order valence-electron chi connectivity index (χ2n) is 6.23. The third-order valence-electron chi connectivity index (χ3n) is 4.68. The minimum Gasteiger partial charge on any atom is -0.493 e. The Morgan fingerprint density at radius 3 is 2.12 bits per heavy atom. The molecule has 0 spiro atoms. The molecule has 0 radical (unpaired) electrons. The van der Waals surface area contributed by atoms with Crippen LogP contribution in [0.1, 0.15) is 16.7 Å². The first-order chi connectivity index (χ1) is 12.8. The molecule has 0 N–H and O–H groups in total. The Hall–Kier alpha value is -3.20. The predicted octanol–water partition coefficient (Wildman–Crippen LogP) is 5.53. The van der Waals surface area contributed by atoms with Gasteiger partial charge >= 0.3 is 0 Å². The molecule has 1 aliphatic rings. The van der Waals surface area contributed by atoms with E-state index in [9.17, 15) is 0 Å². The van der Waals surface area contributed by atoms with Crippen LogP contribution in [0.4, 0.5) is 11.4 Å². The van der Waals surface area contributed by atoms with E-state index in [0.717, 1.165) is 29.3 Å². The van der Waals surface area contributed by atoms with Crippen molar-refractivity contribution in [3.8, 4) is 11.5 Å². The van der Waals surface area contributed by atoms with Crippen molar-refractivity contribution in [1.29, 1.82) is 0 Å². The van der Waals surface area contributed by atoms with Crippen LogP contribution in [0.5, 0.6) is 11.5 Å². The van der Waals surface area contributed by atoms with E-state index in [0.29, 0.717) is 0 Å². The number of ether oxygens (including phenoxy) is 2. The van der Waals surface area contributed by atoms with Crippen LogP contribution in [0.2, 0.25) is 0 Å². The molecule has 0 unspecified atom stereocenters. The molecule has 26 heavy (non-hydrogen) atoms. The number of nitrogens with zero attached hydrogens (tertiary/aromatic N) is 1. The van der Waals surface area contributed by atoms with Crippen molar-refractivity contribution in [2.45, 2.75) is 6.54 Å². The SMILES string of the molecule is COc1cc2c(cc1OC)N(Cc1ccccc1)c1ccccc1C=C2. The van der Waals surface area contributed by atoms with Crippen LogP contribution in [-0.4, -0.2) is 14.2 Å². The molecule has 0 aliphatic carbocycles. The van der Waals surface area contributed by atoms with Gasteiger partial charge in [-0.05, 0) is 23.3 Å². The molecule has 3 heteroatoms. The van der Waals surface area contributed by atoms with Crippen LogP contribution in [0.3, 0.4) is 0 Å². The Balaban J connectivity index is 1.90. The third-order valence-corrected chi connectivity index (χ3v) is 4.68. The van der Waals surface area contributed by atoms with Crippen molar-refractivity contribution in [2.75, 3.05) is 19.1 Å². The molecule has 3 nitrogen and oxygen atoms in total. The van der Waals surface area contributed by atoms with Gasteiger partial charge in [0.15, 0.2) is 11.5 Å². The smallest absolute Gasteiger partial charge is 0.162 e. The summed E-state index contributed by atoms with van der Waals surface area (Å²) in [5.41, 5.74) is 5.84. The highest BCUT2D eigenvalue weighted by Crippen LogP contribution is 2.42. The van der Waals surface area contributed by atoms with Crippen LogP contribution in [0.15, 0.2) is 66.7 Å². The number of fused-ring (bicyclic) bond motifs is 2. The molecule has 130 valence electrons. The zero-order valence-corrected chi connectivity index (χ0v) is 15.0. The fourth-order valence-corrected chi connectivity index (χ4v) is 3.37. The van der Waals surface area contributed by atoms with Crippen molar-refractivity contribution >= 4 is 23.5 Å². The summed E-state index contributed by atoms with van der Waals surface area (Å²) in [6.45, 7) is 0.780. The van der Waals surface area contributed by atoms with E-state index in [2.05, 4.69) is 71.6 Å². The fourth-order valence-electron chi connectivity index (χ4n) is 3.37. The highest BCUT2D eigenvalue weighted by atomic mass is 16.5. The normalized spacial score (nSPS) is 12.2. The van der Waals surface area contributed by atoms with Gasteiger partial charge in [0, 0.05) is 23.9 Å². The maximum Gasteiger partial charge on any atom is 0.162 e. The average molecular weight is 343 g/mol. The largest absolute Gasteiger partial charge is 0.493 e. The predicted molar refractivity (Wildman–Crippen MR) is 107 cm³/mol. The van der Waals surface area contributed by atoms with Crippen molar-refractivity contribution in [3.63, 3.8) is 0 Å². The number of anilines is 2. The Labute approximate surface area is 154 Å². The zero-order chi connectivity index (χ0) is 17.9. The summed E-state index contributed by atoms with van der Waals surface area (Å²) in [4.78, 5) is 2.34. The van der Waals surface area contributed by atoms with Crippen molar-refractivity contribution in [1.82, 2.24) is 0 Å². The number of methoxy groups -OCH3 is 2. The van der Waals surface area contributed by atoms with Gasteiger partial charge in [-0.25, -0.2) is 0 Å². The third kappa shape index (κ3) is 2.92. The lowest BCUT2D eigenvalue weighted by atomic mass is 10.1.